The summed E-state index contributed by atoms with van der Waals surface area (Å²) < 4.78 is 0. The lowest BCUT2D eigenvalue weighted by Crippen LogP contribution is -2.49. The molecule has 28 heavy (non-hydrogen) atoms. The van der Waals surface area contributed by atoms with Gasteiger partial charge in [0.2, 0.25) is 0 Å². The topological polar surface area (TPSA) is 101 Å². The van der Waals surface area contributed by atoms with E-state index in [0.717, 1.165) is 25.7 Å². The van der Waals surface area contributed by atoms with Gasteiger partial charge in [0.05, 0.1) is 11.0 Å². The minimum absolute atomic E-state index is 0.0251. The van der Waals surface area contributed by atoms with Crippen molar-refractivity contribution in [3.63, 3.8) is 0 Å². The lowest BCUT2D eigenvalue weighted by Gasteiger charge is -2.44. The number of hydrogen-bond acceptors (Lipinski definition) is 4. The summed E-state index contributed by atoms with van der Waals surface area (Å²) in [5, 5.41) is 21.1. The molecule has 1 aliphatic heterocycles. The fourth-order valence-electron chi connectivity index (χ4n) is 4.55. The summed E-state index contributed by atoms with van der Waals surface area (Å²) in [5.41, 5.74) is 1.47. The number of carbonyl (C=O) groups is 2. The predicted octanol–water partition coefficient (Wildman–Crippen LogP) is 3.90. The van der Waals surface area contributed by atoms with Crippen LogP contribution in [0.15, 0.2) is 48.5 Å². The normalized spacial score (nSPS) is 22.1. The Bertz CT molecular complexity index is 934. The number of carboxylic acids is 1. The van der Waals surface area contributed by atoms with Gasteiger partial charge in [-0.25, -0.2) is 0 Å². The fraction of sp³-hybridized carbons (Fsp3) is 0.333. The Hall–Kier alpha value is -3.22. The van der Waals surface area contributed by atoms with Gasteiger partial charge in [-0.05, 0) is 30.0 Å². The van der Waals surface area contributed by atoms with Crippen LogP contribution in [0.3, 0.4) is 0 Å². The molecule has 1 amide bonds. The summed E-state index contributed by atoms with van der Waals surface area (Å²) in [4.78, 5) is 37.9. The first kappa shape index (κ1) is 18.2. The van der Waals surface area contributed by atoms with Crippen LogP contribution in [0.1, 0.15) is 59.1 Å². The van der Waals surface area contributed by atoms with Crippen molar-refractivity contribution in [2.75, 3.05) is 0 Å². The Morgan fingerprint density at radius 2 is 1.71 bits per heavy atom. The SMILES string of the molecule is O=C(O)[C@@H]1c2ccccc2C(=O)N(C2CCCC2)[C@H]1c1ccc([N+](=O)[O-])cc1. The van der Waals surface area contributed by atoms with Gasteiger partial charge >= 0.3 is 5.97 Å². The minimum atomic E-state index is -1.01. The van der Waals surface area contributed by atoms with Crippen LogP contribution in [-0.2, 0) is 4.79 Å². The second-order valence-corrected chi connectivity index (χ2v) is 7.35. The molecule has 1 heterocycles. The van der Waals surface area contributed by atoms with Crippen molar-refractivity contribution in [2.45, 2.75) is 43.7 Å². The molecular formula is C21H20N2O5. The molecule has 144 valence electrons. The maximum absolute atomic E-state index is 13.4. The van der Waals surface area contributed by atoms with E-state index in [1.54, 1.807) is 41.3 Å². The zero-order valence-electron chi connectivity index (χ0n) is 15.2. The molecule has 0 unspecified atom stereocenters. The highest BCUT2D eigenvalue weighted by Crippen LogP contribution is 2.46. The molecule has 1 fully saturated rings. The van der Waals surface area contributed by atoms with Crippen molar-refractivity contribution in [1.29, 1.82) is 0 Å². The number of hydrogen-bond donors (Lipinski definition) is 1. The molecule has 1 aliphatic carbocycles. The van der Waals surface area contributed by atoms with Crippen molar-refractivity contribution >= 4 is 17.6 Å². The van der Waals surface area contributed by atoms with Crippen LogP contribution >= 0.6 is 0 Å². The summed E-state index contributed by atoms with van der Waals surface area (Å²) in [6, 6.07) is 12.0. The van der Waals surface area contributed by atoms with E-state index in [4.69, 9.17) is 0 Å². The van der Waals surface area contributed by atoms with Crippen LogP contribution in [0.25, 0.3) is 0 Å². The first-order valence-corrected chi connectivity index (χ1v) is 9.38. The number of carboxylic acid groups (broad SMARTS) is 1. The maximum Gasteiger partial charge on any atom is 0.313 e. The number of fused-ring (bicyclic) bond motifs is 1. The van der Waals surface area contributed by atoms with E-state index in [1.807, 2.05) is 0 Å². The van der Waals surface area contributed by atoms with Gasteiger partial charge in [0, 0.05) is 23.7 Å². The zero-order valence-corrected chi connectivity index (χ0v) is 15.2. The largest absolute Gasteiger partial charge is 0.481 e. The van der Waals surface area contributed by atoms with E-state index in [9.17, 15) is 24.8 Å². The van der Waals surface area contributed by atoms with Gasteiger partial charge in [0.25, 0.3) is 11.6 Å². The van der Waals surface area contributed by atoms with Crippen molar-refractivity contribution in [2.24, 2.45) is 0 Å². The van der Waals surface area contributed by atoms with Crippen LogP contribution in [0, 0.1) is 10.1 Å². The van der Waals surface area contributed by atoms with Crippen molar-refractivity contribution in [3.05, 3.63) is 75.3 Å². The highest BCUT2D eigenvalue weighted by atomic mass is 16.6. The summed E-state index contributed by atoms with van der Waals surface area (Å²) in [5.74, 6) is -2.09. The van der Waals surface area contributed by atoms with Crippen LogP contribution < -0.4 is 0 Å². The van der Waals surface area contributed by atoms with Gasteiger partial charge in [-0.3, -0.25) is 19.7 Å². The predicted molar refractivity (Wildman–Crippen MR) is 101 cm³/mol. The van der Waals surface area contributed by atoms with E-state index in [1.165, 1.54) is 12.1 Å². The van der Waals surface area contributed by atoms with Gasteiger partial charge < -0.3 is 10.0 Å². The lowest BCUT2D eigenvalue weighted by atomic mass is 9.79. The van der Waals surface area contributed by atoms with Crippen molar-refractivity contribution in [1.82, 2.24) is 4.90 Å². The van der Waals surface area contributed by atoms with E-state index >= 15 is 0 Å². The Balaban J connectivity index is 1.88. The molecule has 1 saturated carbocycles. The summed E-state index contributed by atoms with van der Waals surface area (Å²) in [7, 11) is 0. The molecule has 2 atom stereocenters. The molecule has 0 spiro atoms. The molecule has 0 saturated heterocycles. The number of carbonyl (C=O) groups excluding carboxylic acids is 1. The molecular weight excluding hydrogens is 360 g/mol. The fourth-order valence-corrected chi connectivity index (χ4v) is 4.55. The number of non-ortho nitro benzene ring substituents is 1. The van der Waals surface area contributed by atoms with Crippen molar-refractivity contribution < 1.29 is 19.6 Å². The van der Waals surface area contributed by atoms with Crippen molar-refractivity contribution in [3.8, 4) is 0 Å². The Morgan fingerprint density at radius 3 is 2.32 bits per heavy atom. The number of amides is 1. The molecule has 4 rings (SSSR count). The standard InChI is InChI=1S/C21H20N2O5/c24-20-17-8-4-3-7-16(17)18(21(25)26)19(22(20)14-5-1-2-6-14)13-9-11-15(12-10-13)23(27)28/h3-4,7-12,14,18-19H,1-2,5-6H2,(H,25,26)/t18-,19+/m1/s1. The Kier molecular flexibility index (Phi) is 4.58. The van der Waals surface area contributed by atoms with E-state index < -0.39 is 22.9 Å². The number of aliphatic carboxylic acids is 1. The molecule has 2 aliphatic rings. The number of nitrogens with zero attached hydrogens (tertiary/aromatic N) is 2. The summed E-state index contributed by atoms with van der Waals surface area (Å²) >= 11 is 0. The molecule has 7 nitrogen and oxygen atoms in total. The third kappa shape index (κ3) is 2.93. The second kappa shape index (κ2) is 7.07. The van der Waals surface area contributed by atoms with E-state index in [-0.39, 0.29) is 17.6 Å². The van der Waals surface area contributed by atoms with Gasteiger partial charge in [-0.2, -0.15) is 0 Å². The number of rotatable bonds is 4. The Morgan fingerprint density at radius 1 is 1.07 bits per heavy atom. The number of nitro groups is 1. The molecule has 7 heteroatoms. The average molecular weight is 380 g/mol. The maximum atomic E-state index is 13.4. The monoisotopic (exact) mass is 380 g/mol. The smallest absolute Gasteiger partial charge is 0.313 e. The van der Waals surface area contributed by atoms with Crippen LogP contribution in [-0.4, -0.2) is 32.8 Å². The van der Waals surface area contributed by atoms with Gasteiger partial charge in [0.1, 0.15) is 5.92 Å². The quantitative estimate of drug-likeness (QED) is 0.640. The highest BCUT2D eigenvalue weighted by Gasteiger charge is 2.47. The van der Waals surface area contributed by atoms with Gasteiger partial charge in [0.15, 0.2) is 0 Å². The first-order valence-electron chi connectivity index (χ1n) is 9.38. The Labute approximate surface area is 161 Å². The molecule has 0 aromatic heterocycles. The highest BCUT2D eigenvalue weighted by molar-refractivity contribution is 6.00. The van der Waals surface area contributed by atoms with Crippen LogP contribution in [0.5, 0.6) is 0 Å². The van der Waals surface area contributed by atoms with E-state index in [2.05, 4.69) is 0 Å². The minimum Gasteiger partial charge on any atom is -0.481 e. The van der Waals surface area contributed by atoms with Gasteiger partial charge in [-0.1, -0.05) is 43.2 Å². The summed E-state index contributed by atoms with van der Waals surface area (Å²) in [6.07, 6.45) is 3.68. The number of benzene rings is 2. The first-order chi connectivity index (χ1) is 13.5. The molecule has 0 radical (unpaired) electrons. The lowest BCUT2D eigenvalue weighted by molar-refractivity contribution is -0.384. The zero-order chi connectivity index (χ0) is 19.8. The van der Waals surface area contributed by atoms with E-state index in [0.29, 0.717) is 16.7 Å². The van der Waals surface area contributed by atoms with Crippen LogP contribution in [0.2, 0.25) is 0 Å². The molecule has 0 bridgehead atoms. The average Bonchev–Trinajstić information content (AvgIpc) is 3.22. The third-order valence-corrected chi connectivity index (χ3v) is 5.81. The molecule has 2 aromatic carbocycles. The molecule has 2 aromatic rings. The summed E-state index contributed by atoms with van der Waals surface area (Å²) in [6.45, 7) is 0. The third-order valence-electron chi connectivity index (χ3n) is 5.81. The second-order valence-electron chi connectivity index (χ2n) is 7.35. The number of nitro benzene ring substituents is 1. The van der Waals surface area contributed by atoms with Crippen LogP contribution in [0.4, 0.5) is 5.69 Å². The molecule has 1 N–H and O–H groups in total. The van der Waals surface area contributed by atoms with Gasteiger partial charge in [-0.15, -0.1) is 0 Å².